The lowest BCUT2D eigenvalue weighted by Crippen LogP contribution is -2.14. The third-order valence-electron chi connectivity index (χ3n) is 6.34. The van der Waals surface area contributed by atoms with Crippen molar-refractivity contribution in [3.05, 3.63) is 132 Å². The predicted molar refractivity (Wildman–Crippen MR) is 171 cm³/mol. The van der Waals surface area contributed by atoms with Crippen LogP contribution in [0.2, 0.25) is 0 Å². The van der Waals surface area contributed by atoms with Gasteiger partial charge in [0.1, 0.15) is 0 Å². The van der Waals surface area contributed by atoms with Gasteiger partial charge in [0.25, 0.3) is 30.8 Å². The Hall–Kier alpha value is -5.02. The van der Waals surface area contributed by atoms with Crippen molar-refractivity contribution >= 4 is 37.1 Å². The summed E-state index contributed by atoms with van der Waals surface area (Å²) in [4.78, 5) is 19.1. The summed E-state index contributed by atoms with van der Waals surface area (Å²) in [5.74, 6) is 0. The largest absolute Gasteiger partial charge is 0.328 e. The van der Waals surface area contributed by atoms with Crippen LogP contribution in [0.25, 0.3) is 0 Å². The van der Waals surface area contributed by atoms with Crippen LogP contribution in [0.4, 0.5) is 17.1 Å². The third kappa shape index (κ3) is 10.6. The summed E-state index contributed by atoms with van der Waals surface area (Å²) < 4.78 is 54.6. The van der Waals surface area contributed by atoms with E-state index < -0.39 is 30.1 Å². The maximum atomic E-state index is 12.4. The third-order valence-corrected chi connectivity index (χ3v) is 9.08. The highest BCUT2D eigenvalue weighted by Crippen LogP contribution is 2.28. The molecule has 4 aromatic carbocycles. The molecule has 0 spiro atoms. The molecule has 0 heterocycles. The molecule has 0 amide bonds. The minimum absolute atomic E-state index is 0.0618. The molecule has 4 rings (SSSR count). The highest BCUT2D eigenvalue weighted by molar-refractivity contribution is 7.93. The first-order valence-electron chi connectivity index (χ1n) is 13.2. The summed E-state index contributed by atoms with van der Waals surface area (Å²) in [6, 6.07) is 21.7. The quantitative estimate of drug-likeness (QED) is 0.149. The lowest BCUT2D eigenvalue weighted by atomic mass is 10.1. The summed E-state index contributed by atoms with van der Waals surface area (Å²) in [6.45, 7) is 10.8. The van der Waals surface area contributed by atoms with Gasteiger partial charge in [-0.15, -0.1) is 10.1 Å². The minimum Gasteiger partial charge on any atom is -0.328 e. The van der Waals surface area contributed by atoms with Crippen molar-refractivity contribution in [2.45, 2.75) is 51.3 Å². The lowest BCUT2D eigenvalue weighted by Gasteiger charge is -2.13. The van der Waals surface area contributed by atoms with Gasteiger partial charge in [0.2, 0.25) is 0 Å². The Bertz CT molecular complexity index is 1850. The second-order valence-electron chi connectivity index (χ2n) is 10.1. The highest BCUT2D eigenvalue weighted by atomic mass is 32.2. The maximum absolute atomic E-state index is 12.4. The summed E-state index contributed by atoms with van der Waals surface area (Å²) in [7, 11) is -7.25. The van der Waals surface area contributed by atoms with Gasteiger partial charge in [-0.25, -0.2) is 16.8 Å². The van der Waals surface area contributed by atoms with Gasteiger partial charge in [-0.2, -0.15) is 0 Å². The molecule has 0 fully saturated rings. The molecule has 0 aliphatic heterocycles. The molecular formula is C30H34N4O9S2. The van der Waals surface area contributed by atoms with E-state index in [1.165, 1.54) is 24.3 Å². The standard InChI is InChI=1S/C15H16N2O4S.C15H17NO2S.HNO3/c1-10-4-6-14(7-5-10)22(20,21)16-15-11(2)8-13(17(18)19)9-12(15)3;1-11-7-9-14(10-8-11)19(17,18)16-15-12(2)5-4-6-13(15)3;2-1(3)4/h4-9,16H,1-3H3;4-10,16H,1-3H3;(H,2,3,4). The van der Waals surface area contributed by atoms with Gasteiger partial charge in [0.15, 0.2) is 0 Å². The number of rotatable bonds is 7. The first-order chi connectivity index (χ1) is 20.8. The number of anilines is 2. The van der Waals surface area contributed by atoms with Gasteiger partial charge in [-0.05, 0) is 88.1 Å². The molecule has 4 aromatic rings. The molecule has 0 aliphatic carbocycles. The second kappa shape index (κ2) is 15.1. The molecule has 3 N–H and O–H groups in total. The van der Waals surface area contributed by atoms with Crippen LogP contribution >= 0.6 is 0 Å². The molecule has 0 atom stereocenters. The zero-order chi connectivity index (χ0) is 34.1. The number of nitrogens with one attached hydrogen (secondary N) is 2. The van der Waals surface area contributed by atoms with E-state index in [1.807, 2.05) is 45.9 Å². The summed E-state index contributed by atoms with van der Waals surface area (Å²) in [5.41, 5.74) is 5.78. The predicted octanol–water partition coefficient (Wildman–Crippen LogP) is 6.39. The van der Waals surface area contributed by atoms with Crippen molar-refractivity contribution in [2.24, 2.45) is 0 Å². The summed E-state index contributed by atoms with van der Waals surface area (Å²) >= 11 is 0. The van der Waals surface area contributed by atoms with Gasteiger partial charge >= 0.3 is 0 Å². The molecule has 0 bridgehead atoms. The number of non-ortho nitro benzene ring substituents is 1. The normalized spacial score (nSPS) is 10.8. The Morgan fingerprint density at radius 3 is 1.20 bits per heavy atom. The average molecular weight is 659 g/mol. The van der Waals surface area contributed by atoms with Gasteiger partial charge < -0.3 is 5.21 Å². The van der Waals surface area contributed by atoms with E-state index in [-0.39, 0.29) is 15.5 Å². The topological polar surface area (TPSA) is 199 Å². The van der Waals surface area contributed by atoms with Gasteiger partial charge in [-0.1, -0.05) is 53.6 Å². The minimum atomic E-state index is -3.73. The number of para-hydroxylation sites is 1. The average Bonchev–Trinajstić information content (AvgIpc) is 2.93. The molecule has 0 radical (unpaired) electrons. The number of nitrogens with zero attached hydrogens (tertiary/aromatic N) is 2. The number of benzene rings is 4. The van der Waals surface area contributed by atoms with Crippen molar-refractivity contribution in [3.8, 4) is 0 Å². The fourth-order valence-electron chi connectivity index (χ4n) is 4.00. The van der Waals surface area contributed by atoms with E-state index in [0.29, 0.717) is 22.5 Å². The van der Waals surface area contributed by atoms with E-state index in [0.717, 1.165) is 22.3 Å². The van der Waals surface area contributed by atoms with Gasteiger partial charge in [0.05, 0.1) is 26.1 Å². The van der Waals surface area contributed by atoms with Crippen LogP contribution in [-0.2, 0) is 20.0 Å². The lowest BCUT2D eigenvalue weighted by molar-refractivity contribution is -0.742. The van der Waals surface area contributed by atoms with Gasteiger partial charge in [0, 0.05) is 12.1 Å². The zero-order valence-corrected chi connectivity index (χ0v) is 27.1. The Morgan fingerprint density at radius 1 is 0.578 bits per heavy atom. The van der Waals surface area contributed by atoms with Gasteiger partial charge in [-0.3, -0.25) is 19.6 Å². The second-order valence-corrected chi connectivity index (χ2v) is 13.4. The monoisotopic (exact) mass is 658 g/mol. The maximum Gasteiger partial charge on any atom is 0.291 e. The van der Waals surface area contributed by atoms with Crippen molar-refractivity contribution < 1.29 is 32.1 Å². The van der Waals surface area contributed by atoms with Crippen LogP contribution in [0.1, 0.15) is 33.4 Å². The highest BCUT2D eigenvalue weighted by Gasteiger charge is 2.19. The van der Waals surface area contributed by atoms with Crippen molar-refractivity contribution in [3.63, 3.8) is 0 Å². The molecule has 0 unspecified atom stereocenters. The zero-order valence-electron chi connectivity index (χ0n) is 25.4. The Balaban J connectivity index is 0.000000283. The van der Waals surface area contributed by atoms with Crippen LogP contribution in [0.15, 0.2) is 88.7 Å². The number of aryl methyl sites for hydroxylation is 6. The Morgan fingerprint density at radius 2 is 0.889 bits per heavy atom. The fraction of sp³-hybridized carbons (Fsp3) is 0.200. The van der Waals surface area contributed by atoms with E-state index in [2.05, 4.69) is 9.44 Å². The van der Waals surface area contributed by atoms with E-state index in [4.69, 9.17) is 15.3 Å². The molecule has 15 heteroatoms. The molecule has 13 nitrogen and oxygen atoms in total. The van der Waals surface area contributed by atoms with E-state index in [1.54, 1.807) is 50.2 Å². The molecule has 0 aromatic heterocycles. The molecule has 0 saturated carbocycles. The fourth-order valence-corrected chi connectivity index (χ4v) is 6.41. The molecular weight excluding hydrogens is 624 g/mol. The Kier molecular flexibility index (Phi) is 12.2. The Labute approximate surface area is 261 Å². The number of hydrogen-bond donors (Lipinski definition) is 3. The van der Waals surface area contributed by atoms with Crippen LogP contribution < -0.4 is 9.44 Å². The van der Waals surface area contributed by atoms with E-state index >= 15 is 0 Å². The van der Waals surface area contributed by atoms with Crippen LogP contribution in [0, 0.1) is 61.8 Å². The summed E-state index contributed by atoms with van der Waals surface area (Å²) in [5, 5.41) is 24.5. The number of hydrogen-bond acceptors (Lipinski definition) is 8. The van der Waals surface area contributed by atoms with Crippen LogP contribution in [0.5, 0.6) is 0 Å². The molecule has 45 heavy (non-hydrogen) atoms. The smallest absolute Gasteiger partial charge is 0.291 e. The first-order valence-corrected chi connectivity index (χ1v) is 16.1. The first kappa shape index (κ1) is 36.2. The number of sulfonamides is 2. The van der Waals surface area contributed by atoms with E-state index in [9.17, 15) is 26.9 Å². The molecule has 0 aliphatic rings. The number of nitro groups is 1. The van der Waals surface area contributed by atoms with Crippen molar-refractivity contribution in [2.75, 3.05) is 9.44 Å². The molecule has 240 valence electrons. The summed E-state index contributed by atoms with van der Waals surface area (Å²) in [6.07, 6.45) is 0. The number of nitro benzene ring substituents is 1. The van der Waals surface area contributed by atoms with Crippen LogP contribution in [-0.4, -0.2) is 32.1 Å². The van der Waals surface area contributed by atoms with Crippen molar-refractivity contribution in [1.82, 2.24) is 0 Å². The SMILES string of the molecule is Cc1ccc(S(=O)(=O)Nc2c(C)cc([N+](=O)[O-])cc2C)cc1.Cc1ccc(S(=O)(=O)Nc2c(C)cccc2C)cc1.O=[N+]([O-])O. The molecule has 0 saturated heterocycles. The van der Waals surface area contributed by atoms with Crippen LogP contribution in [0.3, 0.4) is 0 Å². The van der Waals surface area contributed by atoms with Crippen molar-refractivity contribution in [1.29, 1.82) is 0 Å².